The van der Waals surface area contributed by atoms with Crippen molar-refractivity contribution >= 4 is 5.91 Å². The molecule has 0 aliphatic heterocycles. The molecule has 2 N–H and O–H groups in total. The van der Waals surface area contributed by atoms with E-state index >= 15 is 0 Å². The first-order valence-electron chi connectivity index (χ1n) is 6.63. The molecular formula is C13H28N2O3. The van der Waals surface area contributed by atoms with Gasteiger partial charge in [0.05, 0.1) is 26.4 Å². The van der Waals surface area contributed by atoms with Gasteiger partial charge < -0.3 is 20.1 Å². The van der Waals surface area contributed by atoms with Gasteiger partial charge in [-0.15, -0.1) is 0 Å². The van der Waals surface area contributed by atoms with Gasteiger partial charge in [-0.3, -0.25) is 4.79 Å². The molecule has 0 saturated carbocycles. The summed E-state index contributed by atoms with van der Waals surface area (Å²) in [5, 5.41) is 6.00. The number of carbonyl (C=O) groups is 1. The van der Waals surface area contributed by atoms with Crippen molar-refractivity contribution in [3.05, 3.63) is 0 Å². The highest BCUT2D eigenvalue weighted by Gasteiger charge is 2.20. The Labute approximate surface area is 111 Å². The zero-order valence-electron chi connectivity index (χ0n) is 12.2. The number of hydrogen-bond donors (Lipinski definition) is 2. The van der Waals surface area contributed by atoms with Crippen molar-refractivity contribution in [1.29, 1.82) is 0 Å². The summed E-state index contributed by atoms with van der Waals surface area (Å²) < 4.78 is 10.7. The SMILES string of the molecule is CCNCCOCCOCCNC(=O)C(C)(C)C. The topological polar surface area (TPSA) is 59.6 Å². The van der Waals surface area contributed by atoms with Crippen LogP contribution in [-0.2, 0) is 14.3 Å². The minimum atomic E-state index is -0.338. The Kier molecular flexibility index (Phi) is 9.92. The van der Waals surface area contributed by atoms with E-state index in [4.69, 9.17) is 9.47 Å². The van der Waals surface area contributed by atoms with Crippen molar-refractivity contribution in [3.8, 4) is 0 Å². The maximum Gasteiger partial charge on any atom is 0.225 e. The number of nitrogens with one attached hydrogen (secondary N) is 2. The Hall–Kier alpha value is -0.650. The van der Waals surface area contributed by atoms with E-state index in [9.17, 15) is 4.79 Å². The summed E-state index contributed by atoms with van der Waals surface area (Å²) in [6, 6.07) is 0. The second-order valence-electron chi connectivity index (χ2n) is 5.08. The molecule has 0 unspecified atom stereocenters. The molecule has 108 valence electrons. The van der Waals surface area contributed by atoms with Crippen molar-refractivity contribution < 1.29 is 14.3 Å². The second kappa shape index (κ2) is 10.3. The molecule has 0 aromatic rings. The molecule has 0 aromatic carbocycles. The third kappa shape index (κ3) is 10.5. The maximum absolute atomic E-state index is 11.5. The normalized spacial score (nSPS) is 11.6. The van der Waals surface area contributed by atoms with Crippen molar-refractivity contribution in [2.45, 2.75) is 27.7 Å². The van der Waals surface area contributed by atoms with Crippen LogP contribution in [0.15, 0.2) is 0 Å². The van der Waals surface area contributed by atoms with E-state index in [1.54, 1.807) is 0 Å². The summed E-state index contributed by atoms with van der Waals surface area (Å²) in [4.78, 5) is 11.5. The van der Waals surface area contributed by atoms with Crippen molar-refractivity contribution in [3.63, 3.8) is 0 Å². The molecule has 0 aromatic heterocycles. The van der Waals surface area contributed by atoms with Crippen molar-refractivity contribution in [2.24, 2.45) is 5.41 Å². The molecule has 0 aliphatic rings. The highest BCUT2D eigenvalue weighted by Crippen LogP contribution is 2.11. The standard InChI is InChI=1S/C13H28N2O3/c1-5-14-6-8-17-10-11-18-9-7-15-12(16)13(2,3)4/h14H,5-11H2,1-4H3,(H,15,16). The quantitative estimate of drug-likeness (QED) is 0.570. The number of ether oxygens (including phenoxy) is 2. The van der Waals surface area contributed by atoms with Crippen LogP contribution in [0.1, 0.15) is 27.7 Å². The van der Waals surface area contributed by atoms with Crippen LogP contribution >= 0.6 is 0 Å². The molecule has 0 spiro atoms. The van der Waals surface area contributed by atoms with Gasteiger partial charge in [-0.25, -0.2) is 0 Å². The second-order valence-corrected chi connectivity index (χ2v) is 5.08. The fourth-order valence-electron chi connectivity index (χ4n) is 1.14. The molecule has 0 atom stereocenters. The average molecular weight is 260 g/mol. The maximum atomic E-state index is 11.5. The summed E-state index contributed by atoms with van der Waals surface area (Å²) >= 11 is 0. The molecule has 0 fully saturated rings. The number of likely N-dealkylation sites (N-methyl/N-ethyl adjacent to an activating group) is 1. The molecule has 0 heterocycles. The molecule has 0 radical (unpaired) electrons. The summed E-state index contributed by atoms with van der Waals surface area (Å²) in [7, 11) is 0. The van der Waals surface area contributed by atoms with Crippen LogP contribution in [0.3, 0.4) is 0 Å². The molecule has 5 heteroatoms. The van der Waals surface area contributed by atoms with Crippen LogP contribution in [0, 0.1) is 5.41 Å². The van der Waals surface area contributed by atoms with E-state index < -0.39 is 0 Å². The summed E-state index contributed by atoms with van der Waals surface area (Å²) in [5.74, 6) is 0.0491. The van der Waals surface area contributed by atoms with E-state index in [0.717, 1.165) is 13.1 Å². The zero-order valence-corrected chi connectivity index (χ0v) is 12.2. The molecule has 0 aliphatic carbocycles. The van der Waals surface area contributed by atoms with Gasteiger partial charge in [-0.2, -0.15) is 0 Å². The van der Waals surface area contributed by atoms with Gasteiger partial charge in [-0.1, -0.05) is 27.7 Å². The van der Waals surface area contributed by atoms with Crippen molar-refractivity contribution in [2.75, 3.05) is 46.1 Å². The molecule has 0 rings (SSSR count). The van der Waals surface area contributed by atoms with Crippen LogP contribution < -0.4 is 10.6 Å². The van der Waals surface area contributed by atoms with Crippen molar-refractivity contribution in [1.82, 2.24) is 10.6 Å². The van der Waals surface area contributed by atoms with E-state index in [-0.39, 0.29) is 11.3 Å². The summed E-state index contributed by atoms with van der Waals surface area (Å²) in [6.45, 7) is 12.5. The molecule has 1 amide bonds. The first kappa shape index (κ1) is 17.4. The van der Waals surface area contributed by atoms with Gasteiger partial charge in [0, 0.05) is 18.5 Å². The Morgan fingerprint density at radius 2 is 1.56 bits per heavy atom. The predicted octanol–water partition coefficient (Wildman–Crippen LogP) is 0.791. The number of carbonyl (C=O) groups excluding carboxylic acids is 1. The number of amides is 1. The van der Waals surface area contributed by atoms with Gasteiger partial charge in [0.15, 0.2) is 0 Å². The first-order valence-corrected chi connectivity index (χ1v) is 6.63. The van der Waals surface area contributed by atoms with Crippen LogP contribution in [0.5, 0.6) is 0 Å². The Bertz CT molecular complexity index is 215. The minimum Gasteiger partial charge on any atom is -0.378 e. The zero-order chi connectivity index (χ0) is 13.9. The molecule has 5 nitrogen and oxygen atoms in total. The molecule has 18 heavy (non-hydrogen) atoms. The predicted molar refractivity (Wildman–Crippen MR) is 72.6 cm³/mol. The van der Waals surface area contributed by atoms with E-state index in [1.165, 1.54) is 0 Å². The fraction of sp³-hybridized carbons (Fsp3) is 0.923. The average Bonchev–Trinajstić information content (AvgIpc) is 2.30. The van der Waals surface area contributed by atoms with Crippen LogP contribution in [-0.4, -0.2) is 52.0 Å². The van der Waals surface area contributed by atoms with Crippen LogP contribution in [0.25, 0.3) is 0 Å². The van der Waals surface area contributed by atoms with E-state index in [0.29, 0.717) is 33.0 Å². The van der Waals surface area contributed by atoms with Gasteiger partial charge >= 0.3 is 0 Å². The molecular weight excluding hydrogens is 232 g/mol. The smallest absolute Gasteiger partial charge is 0.225 e. The van der Waals surface area contributed by atoms with Gasteiger partial charge in [0.25, 0.3) is 0 Å². The fourth-order valence-corrected chi connectivity index (χ4v) is 1.14. The third-order valence-electron chi connectivity index (χ3n) is 2.26. The van der Waals surface area contributed by atoms with Gasteiger partial charge in [0.1, 0.15) is 0 Å². The lowest BCUT2D eigenvalue weighted by Crippen LogP contribution is -2.36. The van der Waals surface area contributed by atoms with E-state index in [2.05, 4.69) is 17.6 Å². The lowest BCUT2D eigenvalue weighted by molar-refractivity contribution is -0.128. The Morgan fingerprint density at radius 3 is 2.06 bits per heavy atom. The van der Waals surface area contributed by atoms with Gasteiger partial charge in [-0.05, 0) is 6.54 Å². The lowest BCUT2D eigenvalue weighted by Gasteiger charge is -2.17. The minimum absolute atomic E-state index is 0.0491. The Balaban J connectivity index is 3.19. The third-order valence-corrected chi connectivity index (χ3v) is 2.26. The molecule has 0 bridgehead atoms. The Morgan fingerprint density at radius 1 is 1.00 bits per heavy atom. The highest BCUT2D eigenvalue weighted by atomic mass is 16.5. The monoisotopic (exact) mass is 260 g/mol. The summed E-state index contributed by atoms with van der Waals surface area (Å²) in [5.41, 5.74) is -0.338. The summed E-state index contributed by atoms with van der Waals surface area (Å²) in [6.07, 6.45) is 0. The van der Waals surface area contributed by atoms with Crippen LogP contribution in [0.2, 0.25) is 0 Å². The van der Waals surface area contributed by atoms with E-state index in [1.807, 2.05) is 20.8 Å². The number of rotatable bonds is 10. The first-order chi connectivity index (χ1) is 8.48. The van der Waals surface area contributed by atoms with Crippen LogP contribution in [0.4, 0.5) is 0 Å². The lowest BCUT2D eigenvalue weighted by atomic mass is 9.96. The highest BCUT2D eigenvalue weighted by molar-refractivity contribution is 5.81. The van der Waals surface area contributed by atoms with Gasteiger partial charge in [0.2, 0.25) is 5.91 Å². The largest absolute Gasteiger partial charge is 0.378 e. The molecule has 0 saturated heterocycles. The number of hydrogen-bond acceptors (Lipinski definition) is 4.